The van der Waals surface area contributed by atoms with Crippen molar-refractivity contribution < 1.29 is 19.1 Å². The summed E-state index contributed by atoms with van der Waals surface area (Å²) >= 11 is 2.22. The van der Waals surface area contributed by atoms with Crippen LogP contribution >= 0.6 is 22.6 Å². The second-order valence-corrected chi connectivity index (χ2v) is 7.04. The molecular formula is C14H22INO4. The van der Waals surface area contributed by atoms with Gasteiger partial charge < -0.3 is 9.47 Å². The van der Waals surface area contributed by atoms with Crippen molar-refractivity contribution in [3.05, 3.63) is 0 Å². The highest BCUT2D eigenvalue weighted by Gasteiger charge is 2.53. The van der Waals surface area contributed by atoms with Gasteiger partial charge in [-0.25, -0.2) is 9.69 Å². The first kappa shape index (κ1) is 16.0. The lowest BCUT2D eigenvalue weighted by Gasteiger charge is -2.46. The highest BCUT2D eigenvalue weighted by Crippen LogP contribution is 2.37. The van der Waals surface area contributed by atoms with Gasteiger partial charge in [-0.3, -0.25) is 4.79 Å². The van der Waals surface area contributed by atoms with Crippen molar-refractivity contribution in [1.29, 1.82) is 0 Å². The number of hydrogen-bond donors (Lipinski definition) is 0. The Morgan fingerprint density at radius 1 is 1.35 bits per heavy atom. The molecule has 114 valence electrons. The second kappa shape index (κ2) is 6.17. The van der Waals surface area contributed by atoms with E-state index in [1.165, 1.54) is 4.90 Å². The van der Waals surface area contributed by atoms with Crippen LogP contribution in [0, 0.1) is 17.8 Å². The maximum atomic E-state index is 12.8. The first-order valence-corrected chi connectivity index (χ1v) is 8.62. The summed E-state index contributed by atoms with van der Waals surface area (Å²) in [4.78, 5) is 26.0. The zero-order valence-corrected chi connectivity index (χ0v) is 14.5. The minimum Gasteiger partial charge on any atom is -0.447 e. The van der Waals surface area contributed by atoms with E-state index in [0.717, 1.165) is 4.43 Å². The molecular weight excluding hydrogens is 373 g/mol. The van der Waals surface area contributed by atoms with E-state index in [4.69, 9.17) is 9.47 Å². The first-order chi connectivity index (χ1) is 9.38. The molecule has 0 aromatic rings. The van der Waals surface area contributed by atoms with Crippen LogP contribution in [0.15, 0.2) is 0 Å². The number of cyclic esters (lactones) is 1. The van der Waals surface area contributed by atoms with Gasteiger partial charge in [0, 0.05) is 4.43 Å². The highest BCUT2D eigenvalue weighted by atomic mass is 127. The van der Waals surface area contributed by atoms with Crippen molar-refractivity contribution in [2.45, 2.75) is 45.9 Å². The van der Waals surface area contributed by atoms with Gasteiger partial charge in [-0.15, -0.1) is 0 Å². The van der Waals surface area contributed by atoms with Gasteiger partial charge in [0.1, 0.15) is 6.61 Å². The van der Waals surface area contributed by atoms with Gasteiger partial charge in [0.15, 0.2) is 0 Å². The van der Waals surface area contributed by atoms with Gasteiger partial charge in [0.05, 0.1) is 24.2 Å². The molecule has 2 fully saturated rings. The van der Waals surface area contributed by atoms with E-state index < -0.39 is 6.09 Å². The molecule has 2 saturated heterocycles. The third-order valence-corrected chi connectivity index (χ3v) is 4.96. The molecule has 6 heteroatoms. The molecule has 0 unspecified atom stereocenters. The van der Waals surface area contributed by atoms with Crippen molar-refractivity contribution in [3.63, 3.8) is 0 Å². The zero-order valence-electron chi connectivity index (χ0n) is 12.3. The molecule has 0 spiro atoms. The van der Waals surface area contributed by atoms with Crippen molar-refractivity contribution in [2.24, 2.45) is 17.8 Å². The van der Waals surface area contributed by atoms with Crippen LogP contribution < -0.4 is 0 Å². The third-order valence-electron chi connectivity index (χ3n) is 4.09. The predicted octanol–water partition coefficient (Wildman–Crippen LogP) is 2.46. The minimum absolute atomic E-state index is 0.0864. The summed E-state index contributed by atoms with van der Waals surface area (Å²) in [5.41, 5.74) is 0. The average molecular weight is 395 g/mol. The predicted molar refractivity (Wildman–Crippen MR) is 82.7 cm³/mol. The van der Waals surface area contributed by atoms with Crippen LogP contribution in [0.2, 0.25) is 0 Å². The van der Waals surface area contributed by atoms with Crippen molar-refractivity contribution >= 4 is 34.6 Å². The van der Waals surface area contributed by atoms with E-state index in [9.17, 15) is 9.59 Å². The van der Waals surface area contributed by atoms with E-state index in [-0.39, 0.29) is 41.9 Å². The molecule has 0 radical (unpaired) electrons. The van der Waals surface area contributed by atoms with Crippen LogP contribution in [0.5, 0.6) is 0 Å². The molecule has 2 heterocycles. The summed E-state index contributed by atoms with van der Waals surface area (Å²) in [7, 11) is 0. The van der Waals surface area contributed by atoms with Crippen LogP contribution in [0.4, 0.5) is 4.79 Å². The Labute approximate surface area is 133 Å². The molecule has 5 nitrogen and oxygen atoms in total. The number of nitrogens with zero attached hydrogens (tertiary/aromatic N) is 1. The molecule has 0 aromatic heterocycles. The molecule has 4 atom stereocenters. The van der Waals surface area contributed by atoms with Crippen LogP contribution in [0.3, 0.4) is 0 Å². The normalized spacial score (nSPS) is 33.5. The number of imide groups is 1. The molecule has 0 aromatic carbocycles. The number of alkyl halides is 1. The maximum absolute atomic E-state index is 12.8. The maximum Gasteiger partial charge on any atom is 0.416 e. The molecule has 0 aliphatic carbocycles. The van der Waals surface area contributed by atoms with Crippen LogP contribution in [-0.2, 0) is 14.3 Å². The van der Waals surface area contributed by atoms with Crippen LogP contribution in [0.25, 0.3) is 0 Å². The smallest absolute Gasteiger partial charge is 0.416 e. The fourth-order valence-corrected chi connectivity index (χ4v) is 3.59. The number of halogens is 1. The fourth-order valence-electron chi connectivity index (χ4n) is 2.84. The van der Waals surface area contributed by atoms with Crippen LogP contribution in [0.1, 0.15) is 27.7 Å². The summed E-state index contributed by atoms with van der Waals surface area (Å²) in [5.74, 6) is 0.109. The molecule has 2 rings (SSSR count). The van der Waals surface area contributed by atoms with E-state index in [1.54, 1.807) is 0 Å². The zero-order chi connectivity index (χ0) is 15.0. The third kappa shape index (κ3) is 2.68. The Morgan fingerprint density at radius 3 is 2.50 bits per heavy atom. The van der Waals surface area contributed by atoms with Gasteiger partial charge in [-0.1, -0.05) is 50.3 Å². The van der Waals surface area contributed by atoms with Gasteiger partial charge >= 0.3 is 6.09 Å². The van der Waals surface area contributed by atoms with E-state index in [2.05, 4.69) is 22.6 Å². The molecule has 0 N–H and O–H groups in total. The van der Waals surface area contributed by atoms with Crippen molar-refractivity contribution in [1.82, 2.24) is 4.90 Å². The molecule has 2 aliphatic rings. The molecule has 2 aliphatic heterocycles. The van der Waals surface area contributed by atoms with Gasteiger partial charge in [-0.05, 0) is 11.8 Å². The Balaban J connectivity index is 2.18. The number of carbonyl (C=O) groups excluding carboxylic acids is 2. The van der Waals surface area contributed by atoms with Crippen LogP contribution in [-0.4, -0.2) is 46.2 Å². The average Bonchev–Trinajstić information content (AvgIpc) is 2.69. The minimum atomic E-state index is -0.504. The quantitative estimate of drug-likeness (QED) is 0.542. The van der Waals surface area contributed by atoms with Crippen molar-refractivity contribution in [3.8, 4) is 0 Å². The van der Waals surface area contributed by atoms with E-state index >= 15 is 0 Å². The molecule has 0 saturated carbocycles. The summed E-state index contributed by atoms with van der Waals surface area (Å²) in [5, 5.41) is 0. The number of carbonyl (C=O) groups is 2. The van der Waals surface area contributed by atoms with Gasteiger partial charge in [0.25, 0.3) is 0 Å². The lowest BCUT2D eigenvalue weighted by Crippen LogP contribution is -2.61. The fraction of sp³-hybridized carbons (Fsp3) is 0.857. The topological polar surface area (TPSA) is 55.8 Å². The number of hydrogen-bond acceptors (Lipinski definition) is 4. The monoisotopic (exact) mass is 395 g/mol. The Kier molecular flexibility index (Phi) is 4.94. The van der Waals surface area contributed by atoms with Gasteiger partial charge in [0.2, 0.25) is 5.91 Å². The summed E-state index contributed by atoms with van der Waals surface area (Å²) in [6, 6.07) is -0.154. The van der Waals surface area contributed by atoms with E-state index in [1.807, 2.05) is 27.7 Å². The molecule has 2 amide bonds. The Bertz CT molecular complexity index is 399. The summed E-state index contributed by atoms with van der Waals surface area (Å²) < 4.78 is 11.6. The lowest BCUT2D eigenvalue weighted by atomic mass is 9.82. The SMILES string of the molecule is CC(C)[C@H]1O[C@@H](CI)[C@@H]1C(=O)N1C(=O)OC[C@@H]1C(C)C. The first-order valence-electron chi connectivity index (χ1n) is 7.09. The summed E-state index contributed by atoms with van der Waals surface area (Å²) in [6.07, 6.45) is -0.685. The largest absolute Gasteiger partial charge is 0.447 e. The Morgan fingerprint density at radius 2 is 2.00 bits per heavy atom. The molecule has 20 heavy (non-hydrogen) atoms. The Hall–Kier alpha value is -0.370. The number of rotatable bonds is 4. The highest BCUT2D eigenvalue weighted by molar-refractivity contribution is 14.1. The van der Waals surface area contributed by atoms with Gasteiger partial charge in [-0.2, -0.15) is 0 Å². The standard InChI is InChI=1S/C14H22INO4/c1-7(2)9-6-19-14(18)16(9)13(17)11-10(5-15)20-12(11)8(3)4/h7-12H,5-6H2,1-4H3/t9-,10+,11+,12-/m1/s1. The van der Waals surface area contributed by atoms with E-state index in [0.29, 0.717) is 6.61 Å². The number of ether oxygens (including phenoxy) is 2. The number of amides is 2. The van der Waals surface area contributed by atoms with Crippen molar-refractivity contribution in [2.75, 3.05) is 11.0 Å². The summed E-state index contributed by atoms with van der Waals surface area (Å²) in [6.45, 7) is 8.38. The lowest BCUT2D eigenvalue weighted by molar-refractivity contribution is -0.201. The second-order valence-electron chi connectivity index (χ2n) is 6.16. The molecule has 0 bridgehead atoms.